The Bertz CT molecular complexity index is 1140. The third kappa shape index (κ3) is 8.08. The minimum Gasteiger partial charge on any atom is -0.354 e. The molecule has 0 aliphatic rings. The molecule has 0 bridgehead atoms. The Kier molecular flexibility index (Phi) is 10.9. The molecule has 0 aliphatic heterocycles. The van der Waals surface area contributed by atoms with Gasteiger partial charge in [-0.05, 0) is 54.3 Å². The fourth-order valence-electron chi connectivity index (χ4n) is 3.33. The topological polar surface area (TPSA) is 86.8 Å². The molecule has 7 nitrogen and oxygen atoms in total. The summed E-state index contributed by atoms with van der Waals surface area (Å²) < 4.78 is 26.9. The van der Waals surface area contributed by atoms with Crippen molar-refractivity contribution in [3.8, 4) is 0 Å². The largest absolute Gasteiger partial charge is 0.354 e. The van der Waals surface area contributed by atoms with E-state index in [4.69, 9.17) is 34.8 Å². The molecule has 0 saturated carbocycles. The van der Waals surface area contributed by atoms with Crippen molar-refractivity contribution in [2.75, 3.05) is 20.1 Å². The van der Waals surface area contributed by atoms with Crippen molar-refractivity contribution in [1.82, 2.24) is 14.5 Å². The van der Waals surface area contributed by atoms with E-state index < -0.39 is 28.5 Å². The van der Waals surface area contributed by atoms with Crippen molar-refractivity contribution in [2.24, 2.45) is 5.92 Å². The molecule has 0 unspecified atom stereocenters. The lowest BCUT2D eigenvalue weighted by molar-refractivity contribution is -0.141. The monoisotopic (exact) mass is 561 g/mol. The van der Waals surface area contributed by atoms with Gasteiger partial charge in [0.25, 0.3) is 0 Å². The van der Waals surface area contributed by atoms with Gasteiger partial charge in [-0.2, -0.15) is 4.31 Å². The first-order chi connectivity index (χ1) is 16.4. The molecular weight excluding hydrogens is 533 g/mol. The maximum absolute atomic E-state index is 13.4. The van der Waals surface area contributed by atoms with Gasteiger partial charge in [-0.3, -0.25) is 9.59 Å². The molecule has 1 N–H and O–H groups in total. The predicted octanol–water partition coefficient (Wildman–Crippen LogP) is 4.85. The summed E-state index contributed by atoms with van der Waals surface area (Å²) in [5.41, 5.74) is 0.658. The van der Waals surface area contributed by atoms with Crippen LogP contribution in [0.4, 0.5) is 0 Å². The number of carbonyl (C=O) groups excluding carboxylic acids is 2. The number of benzene rings is 2. The summed E-state index contributed by atoms with van der Waals surface area (Å²) in [6.45, 7) is 5.78. The molecule has 0 aromatic heterocycles. The lowest BCUT2D eigenvalue weighted by Crippen LogP contribution is -2.52. The molecule has 0 heterocycles. The van der Waals surface area contributed by atoms with Gasteiger partial charge in [0.1, 0.15) is 6.04 Å². The molecule has 0 aliphatic carbocycles. The molecule has 2 aromatic carbocycles. The van der Waals surface area contributed by atoms with E-state index in [0.717, 1.165) is 4.31 Å². The molecule has 11 heteroatoms. The van der Waals surface area contributed by atoms with Gasteiger partial charge in [0, 0.05) is 25.2 Å². The maximum atomic E-state index is 13.4. The standard InChI is InChI=1S/C24H30Cl3N3O4S/c1-5-22(24(32)28-13-16(2)3)30(14-17-6-11-20(26)21(27)12-17)23(31)15-29(4)35(33,34)19-9-7-18(25)8-10-19/h6-12,16,22H,5,13-15H2,1-4H3,(H,28,32)/t22-/m1/s1. The Morgan fingerprint density at radius 2 is 1.63 bits per heavy atom. The number of amides is 2. The van der Waals surface area contributed by atoms with Crippen molar-refractivity contribution < 1.29 is 18.0 Å². The predicted molar refractivity (Wildman–Crippen MR) is 140 cm³/mol. The van der Waals surface area contributed by atoms with Gasteiger partial charge >= 0.3 is 0 Å². The lowest BCUT2D eigenvalue weighted by atomic mass is 10.1. The second kappa shape index (κ2) is 12.9. The number of hydrogen-bond acceptors (Lipinski definition) is 4. The summed E-state index contributed by atoms with van der Waals surface area (Å²) in [5, 5.41) is 3.94. The SMILES string of the molecule is CC[C@H](C(=O)NCC(C)C)N(Cc1ccc(Cl)c(Cl)c1)C(=O)CN(C)S(=O)(=O)c1ccc(Cl)cc1. The number of halogens is 3. The van der Waals surface area contributed by atoms with Crippen molar-refractivity contribution in [3.05, 3.63) is 63.1 Å². The van der Waals surface area contributed by atoms with Crippen LogP contribution in [0, 0.1) is 5.92 Å². The Balaban J connectivity index is 2.34. The molecule has 0 fully saturated rings. The summed E-state index contributed by atoms with van der Waals surface area (Å²) in [6, 6.07) is 9.82. The van der Waals surface area contributed by atoms with Crippen LogP contribution in [0.5, 0.6) is 0 Å². The Morgan fingerprint density at radius 1 is 1.00 bits per heavy atom. The molecule has 1 atom stereocenters. The quantitative estimate of drug-likeness (QED) is 0.424. The third-order valence-corrected chi connectivity index (χ3v) is 8.10. The number of nitrogens with one attached hydrogen (secondary N) is 1. The van der Waals surface area contributed by atoms with Crippen molar-refractivity contribution in [3.63, 3.8) is 0 Å². The number of hydrogen-bond donors (Lipinski definition) is 1. The van der Waals surface area contributed by atoms with Gasteiger partial charge < -0.3 is 10.2 Å². The van der Waals surface area contributed by atoms with Crippen molar-refractivity contribution >= 4 is 56.6 Å². The lowest BCUT2D eigenvalue weighted by Gasteiger charge is -2.32. The van der Waals surface area contributed by atoms with E-state index in [1.165, 1.54) is 36.2 Å². The van der Waals surface area contributed by atoms with E-state index in [0.29, 0.717) is 33.6 Å². The highest BCUT2D eigenvalue weighted by atomic mass is 35.5. The summed E-state index contributed by atoms with van der Waals surface area (Å²) in [4.78, 5) is 27.8. The minimum atomic E-state index is -3.96. The second-order valence-corrected chi connectivity index (χ2v) is 11.8. The first-order valence-corrected chi connectivity index (χ1v) is 13.7. The highest BCUT2D eigenvalue weighted by Crippen LogP contribution is 2.24. The average Bonchev–Trinajstić information content (AvgIpc) is 2.79. The molecule has 0 spiro atoms. The van der Waals surface area contributed by atoms with Gasteiger partial charge in [0.2, 0.25) is 21.8 Å². The van der Waals surface area contributed by atoms with Crippen LogP contribution in [0.2, 0.25) is 15.1 Å². The van der Waals surface area contributed by atoms with Gasteiger partial charge in [-0.1, -0.05) is 61.6 Å². The van der Waals surface area contributed by atoms with Crippen LogP contribution in [0.15, 0.2) is 47.4 Å². The van der Waals surface area contributed by atoms with Crippen LogP contribution in [0.25, 0.3) is 0 Å². The second-order valence-electron chi connectivity index (χ2n) is 8.55. The smallest absolute Gasteiger partial charge is 0.243 e. The zero-order valence-electron chi connectivity index (χ0n) is 20.1. The van der Waals surface area contributed by atoms with Crippen molar-refractivity contribution in [2.45, 2.75) is 44.7 Å². The Morgan fingerprint density at radius 3 is 2.17 bits per heavy atom. The van der Waals surface area contributed by atoms with Crippen molar-refractivity contribution in [1.29, 1.82) is 0 Å². The molecule has 0 radical (unpaired) electrons. The van der Waals surface area contributed by atoms with E-state index in [1.54, 1.807) is 25.1 Å². The first kappa shape index (κ1) is 29.4. The minimum absolute atomic E-state index is 0.00921. The fraction of sp³-hybridized carbons (Fsp3) is 0.417. The number of rotatable bonds is 11. The van der Waals surface area contributed by atoms with Gasteiger partial charge in [0.15, 0.2) is 0 Å². The highest BCUT2D eigenvalue weighted by molar-refractivity contribution is 7.89. The van der Waals surface area contributed by atoms with Gasteiger partial charge in [0.05, 0.1) is 21.5 Å². The van der Waals surface area contributed by atoms with Crippen LogP contribution < -0.4 is 5.32 Å². The molecule has 192 valence electrons. The van der Waals surface area contributed by atoms with Crippen LogP contribution in [-0.2, 0) is 26.2 Å². The fourth-order valence-corrected chi connectivity index (χ4v) is 4.90. The zero-order chi connectivity index (χ0) is 26.3. The van der Waals surface area contributed by atoms with Crippen LogP contribution >= 0.6 is 34.8 Å². The number of nitrogens with zero attached hydrogens (tertiary/aromatic N) is 2. The zero-order valence-corrected chi connectivity index (χ0v) is 23.2. The van der Waals surface area contributed by atoms with Crippen LogP contribution in [-0.4, -0.2) is 55.6 Å². The van der Waals surface area contributed by atoms with Gasteiger partial charge in [-0.25, -0.2) is 8.42 Å². The third-order valence-electron chi connectivity index (χ3n) is 5.29. The Hall–Kier alpha value is -1.84. The average molecular weight is 563 g/mol. The highest BCUT2D eigenvalue weighted by Gasteiger charge is 2.32. The molecule has 0 saturated heterocycles. The van der Waals surface area contributed by atoms with Crippen LogP contribution in [0.3, 0.4) is 0 Å². The molecule has 2 aromatic rings. The van der Waals surface area contributed by atoms with E-state index in [9.17, 15) is 18.0 Å². The number of carbonyl (C=O) groups is 2. The number of likely N-dealkylation sites (N-methyl/N-ethyl adjacent to an activating group) is 1. The summed E-state index contributed by atoms with van der Waals surface area (Å²) in [7, 11) is -2.64. The molecule has 2 rings (SSSR count). The summed E-state index contributed by atoms with van der Waals surface area (Å²) in [5.74, 6) is -0.605. The van der Waals surface area contributed by atoms with E-state index >= 15 is 0 Å². The maximum Gasteiger partial charge on any atom is 0.243 e. The van der Waals surface area contributed by atoms with E-state index in [1.807, 2.05) is 13.8 Å². The summed E-state index contributed by atoms with van der Waals surface area (Å²) in [6.07, 6.45) is 0.338. The number of sulfonamides is 1. The van der Waals surface area contributed by atoms with E-state index in [2.05, 4.69) is 5.32 Å². The normalized spacial score (nSPS) is 12.6. The molecular formula is C24H30Cl3N3O4S. The van der Waals surface area contributed by atoms with Crippen LogP contribution in [0.1, 0.15) is 32.8 Å². The van der Waals surface area contributed by atoms with E-state index in [-0.39, 0.29) is 23.3 Å². The molecule has 2 amide bonds. The first-order valence-electron chi connectivity index (χ1n) is 11.1. The molecule has 35 heavy (non-hydrogen) atoms. The Labute approximate surface area is 222 Å². The summed E-state index contributed by atoms with van der Waals surface area (Å²) >= 11 is 18.0. The van der Waals surface area contributed by atoms with Gasteiger partial charge in [-0.15, -0.1) is 0 Å².